The number of likely N-dealkylation sites (tertiary alicyclic amines) is 1. The maximum atomic E-state index is 4.97. The molecule has 2 N–H and O–H groups in total. The van der Waals surface area contributed by atoms with E-state index in [-0.39, 0.29) is 24.0 Å². The molecule has 0 aromatic heterocycles. The monoisotopic (exact) mass is 526 g/mol. The lowest BCUT2D eigenvalue weighted by Gasteiger charge is -2.47. The summed E-state index contributed by atoms with van der Waals surface area (Å²) in [4.78, 5) is 12.8. The number of nitrogens with zero attached hydrogens (tertiary/aromatic N) is 4. The summed E-state index contributed by atoms with van der Waals surface area (Å²) in [5, 5.41) is 7.21. The molecule has 168 valence electrons. The first-order valence-corrected chi connectivity index (χ1v) is 11.5. The van der Waals surface area contributed by atoms with Gasteiger partial charge in [-0.25, -0.2) is 0 Å². The van der Waals surface area contributed by atoms with Gasteiger partial charge in [-0.15, -0.1) is 24.0 Å². The molecule has 0 spiro atoms. The number of fused-ring (bicyclic) bond motifs is 3. The van der Waals surface area contributed by atoms with Crippen molar-refractivity contribution in [2.75, 3.05) is 52.4 Å². The molecule has 2 bridgehead atoms. The second kappa shape index (κ2) is 11.6. The zero-order valence-electron chi connectivity index (χ0n) is 18.6. The van der Waals surface area contributed by atoms with Gasteiger partial charge < -0.3 is 10.6 Å². The van der Waals surface area contributed by atoms with Crippen molar-refractivity contribution >= 4 is 29.9 Å². The summed E-state index contributed by atoms with van der Waals surface area (Å²) < 4.78 is 0. The van der Waals surface area contributed by atoms with Gasteiger partial charge in [-0.2, -0.15) is 0 Å². The summed E-state index contributed by atoms with van der Waals surface area (Å²) in [5.74, 6) is 0.999. The molecule has 0 saturated carbocycles. The van der Waals surface area contributed by atoms with Crippen LogP contribution >= 0.6 is 24.0 Å². The van der Waals surface area contributed by atoms with Crippen LogP contribution in [0.3, 0.4) is 0 Å². The Morgan fingerprint density at radius 1 is 1.10 bits per heavy atom. The molecule has 4 saturated heterocycles. The number of aliphatic imine (C=N–C) groups is 1. The Morgan fingerprint density at radius 3 is 2.50 bits per heavy atom. The second-order valence-corrected chi connectivity index (χ2v) is 8.88. The molecule has 4 aliphatic heterocycles. The van der Waals surface area contributed by atoms with Crippen LogP contribution in [0, 0.1) is 0 Å². The zero-order valence-corrected chi connectivity index (χ0v) is 20.9. The Kier molecular flexibility index (Phi) is 9.22. The van der Waals surface area contributed by atoms with Crippen molar-refractivity contribution in [3.63, 3.8) is 0 Å². The van der Waals surface area contributed by atoms with Gasteiger partial charge in [-0.05, 0) is 32.3 Å². The van der Waals surface area contributed by atoms with Gasteiger partial charge >= 0.3 is 0 Å². The van der Waals surface area contributed by atoms with E-state index in [0.717, 1.165) is 32.1 Å². The van der Waals surface area contributed by atoms with Gasteiger partial charge in [0.1, 0.15) is 0 Å². The molecule has 3 unspecified atom stereocenters. The molecule has 7 heteroatoms. The third-order valence-corrected chi connectivity index (χ3v) is 6.78. The van der Waals surface area contributed by atoms with E-state index in [1.54, 1.807) is 0 Å². The fourth-order valence-electron chi connectivity index (χ4n) is 5.01. The van der Waals surface area contributed by atoms with Crippen LogP contribution in [0.5, 0.6) is 0 Å². The fourth-order valence-corrected chi connectivity index (χ4v) is 5.01. The van der Waals surface area contributed by atoms with Crippen LogP contribution in [0.1, 0.15) is 32.3 Å². The van der Waals surface area contributed by atoms with Gasteiger partial charge in [0.15, 0.2) is 5.96 Å². The Hall–Kier alpha value is -0.900. The SMILES string of the molecule is CCNC(=NCC1CN2CCN1CC2)NC1CCN(Cc2ccccc2)C(C)C1.I. The van der Waals surface area contributed by atoms with Crippen LogP contribution < -0.4 is 10.6 Å². The highest BCUT2D eigenvalue weighted by molar-refractivity contribution is 14.0. The first kappa shape index (κ1) is 23.8. The predicted molar refractivity (Wildman–Crippen MR) is 136 cm³/mol. The molecule has 5 rings (SSSR count). The highest BCUT2D eigenvalue weighted by atomic mass is 127. The number of hydrogen-bond donors (Lipinski definition) is 2. The van der Waals surface area contributed by atoms with Gasteiger partial charge in [0.25, 0.3) is 0 Å². The molecule has 1 aromatic carbocycles. The molecule has 4 aliphatic rings. The van der Waals surface area contributed by atoms with E-state index in [1.807, 2.05) is 0 Å². The normalized spacial score (nSPS) is 31.8. The molecule has 3 atom stereocenters. The Bertz CT molecular complexity index is 661. The van der Waals surface area contributed by atoms with Gasteiger partial charge in [0.05, 0.1) is 6.54 Å². The summed E-state index contributed by atoms with van der Waals surface area (Å²) in [5.41, 5.74) is 1.41. The van der Waals surface area contributed by atoms with Gasteiger partial charge in [0, 0.05) is 70.5 Å². The average molecular weight is 527 g/mol. The van der Waals surface area contributed by atoms with Crippen molar-refractivity contribution in [2.24, 2.45) is 4.99 Å². The van der Waals surface area contributed by atoms with Crippen molar-refractivity contribution in [2.45, 2.75) is 51.4 Å². The molecular formula is C23H39IN6. The van der Waals surface area contributed by atoms with Gasteiger partial charge in [-0.3, -0.25) is 19.7 Å². The molecule has 30 heavy (non-hydrogen) atoms. The molecule has 6 nitrogen and oxygen atoms in total. The summed E-state index contributed by atoms with van der Waals surface area (Å²) in [6.45, 7) is 14.6. The van der Waals surface area contributed by atoms with Crippen molar-refractivity contribution in [1.29, 1.82) is 0 Å². The van der Waals surface area contributed by atoms with E-state index in [4.69, 9.17) is 4.99 Å². The average Bonchev–Trinajstić information content (AvgIpc) is 2.76. The summed E-state index contributed by atoms with van der Waals surface area (Å²) in [6.07, 6.45) is 2.34. The highest BCUT2D eigenvalue weighted by Gasteiger charge is 2.31. The van der Waals surface area contributed by atoms with E-state index in [2.05, 4.69) is 69.5 Å². The largest absolute Gasteiger partial charge is 0.357 e. The van der Waals surface area contributed by atoms with Crippen LogP contribution in [-0.2, 0) is 6.54 Å². The fraction of sp³-hybridized carbons (Fsp3) is 0.696. The van der Waals surface area contributed by atoms with Crippen LogP contribution in [0.25, 0.3) is 0 Å². The minimum atomic E-state index is 0. The number of piperidine rings is 1. The first-order valence-electron chi connectivity index (χ1n) is 11.5. The number of hydrogen-bond acceptors (Lipinski definition) is 4. The van der Waals surface area contributed by atoms with E-state index in [9.17, 15) is 0 Å². The number of benzene rings is 1. The number of nitrogens with one attached hydrogen (secondary N) is 2. The highest BCUT2D eigenvalue weighted by Crippen LogP contribution is 2.20. The lowest BCUT2D eigenvalue weighted by atomic mass is 9.97. The third kappa shape index (κ3) is 6.31. The van der Waals surface area contributed by atoms with E-state index in [1.165, 1.54) is 51.1 Å². The molecule has 0 aliphatic carbocycles. The van der Waals surface area contributed by atoms with E-state index in [0.29, 0.717) is 18.1 Å². The summed E-state index contributed by atoms with van der Waals surface area (Å²) in [7, 11) is 0. The molecule has 0 amide bonds. The van der Waals surface area contributed by atoms with E-state index < -0.39 is 0 Å². The van der Waals surface area contributed by atoms with Crippen molar-refractivity contribution in [3.8, 4) is 0 Å². The maximum absolute atomic E-state index is 4.97. The van der Waals surface area contributed by atoms with Crippen molar-refractivity contribution in [3.05, 3.63) is 35.9 Å². The Morgan fingerprint density at radius 2 is 1.87 bits per heavy atom. The predicted octanol–water partition coefficient (Wildman–Crippen LogP) is 2.21. The van der Waals surface area contributed by atoms with E-state index >= 15 is 0 Å². The number of guanidine groups is 1. The lowest BCUT2D eigenvalue weighted by molar-refractivity contribution is 0.0174. The van der Waals surface area contributed by atoms with Crippen molar-refractivity contribution in [1.82, 2.24) is 25.3 Å². The van der Waals surface area contributed by atoms with Crippen LogP contribution in [-0.4, -0.2) is 91.1 Å². The van der Waals surface area contributed by atoms with Gasteiger partial charge in [0.2, 0.25) is 0 Å². The maximum Gasteiger partial charge on any atom is 0.191 e. The smallest absolute Gasteiger partial charge is 0.191 e. The molecule has 1 aromatic rings. The quantitative estimate of drug-likeness (QED) is 0.338. The second-order valence-electron chi connectivity index (χ2n) is 8.88. The zero-order chi connectivity index (χ0) is 20.1. The van der Waals surface area contributed by atoms with Crippen LogP contribution in [0.15, 0.2) is 35.3 Å². The lowest BCUT2D eigenvalue weighted by Crippen LogP contribution is -2.62. The summed E-state index contributed by atoms with van der Waals surface area (Å²) in [6, 6.07) is 12.5. The number of halogens is 1. The molecule has 0 radical (unpaired) electrons. The molecule has 4 fully saturated rings. The van der Waals surface area contributed by atoms with Crippen LogP contribution in [0.2, 0.25) is 0 Å². The Labute approximate surface area is 199 Å². The topological polar surface area (TPSA) is 46.1 Å². The number of rotatable bonds is 6. The van der Waals surface area contributed by atoms with Crippen LogP contribution in [0.4, 0.5) is 0 Å². The minimum Gasteiger partial charge on any atom is -0.357 e. The third-order valence-electron chi connectivity index (χ3n) is 6.78. The first-order chi connectivity index (χ1) is 14.2. The van der Waals surface area contributed by atoms with Crippen molar-refractivity contribution < 1.29 is 0 Å². The number of piperazine rings is 3. The molecule has 4 heterocycles. The Balaban J connectivity index is 0.00000256. The minimum absolute atomic E-state index is 0. The van der Waals surface area contributed by atoms with Gasteiger partial charge in [-0.1, -0.05) is 30.3 Å². The molecular weight excluding hydrogens is 487 g/mol. The standard InChI is InChI=1S/C23H38N6.HI/c1-3-24-23(25-16-22-18-27-11-13-28(22)14-12-27)26-21-9-10-29(19(2)15-21)17-20-7-5-4-6-8-20;/h4-8,19,21-22H,3,9-18H2,1-2H3,(H2,24,25,26);1H. The summed E-state index contributed by atoms with van der Waals surface area (Å²) >= 11 is 0.